The fourth-order valence-corrected chi connectivity index (χ4v) is 1.30. The molecular formula is C11H17N3O2. The summed E-state index contributed by atoms with van der Waals surface area (Å²) < 4.78 is 4.81. The summed E-state index contributed by atoms with van der Waals surface area (Å²) in [4.78, 5) is 15.2. The number of aromatic nitrogens is 1. The molecule has 0 radical (unpaired) electrons. The van der Waals surface area contributed by atoms with Crippen LogP contribution in [0.3, 0.4) is 0 Å². The van der Waals surface area contributed by atoms with Crippen LogP contribution in [0, 0.1) is 6.92 Å². The first-order valence-electron chi connectivity index (χ1n) is 5.25. The highest BCUT2D eigenvalue weighted by molar-refractivity contribution is 5.70. The molecule has 5 nitrogen and oxygen atoms in total. The van der Waals surface area contributed by atoms with Gasteiger partial charge in [-0.2, -0.15) is 0 Å². The van der Waals surface area contributed by atoms with Crippen LogP contribution < -0.4 is 11.1 Å². The van der Waals surface area contributed by atoms with Gasteiger partial charge in [0.2, 0.25) is 0 Å². The standard InChI is InChI=1S/C11H17N3O2/c1-3-16-10(15)4-5-13-11-8(2)6-9(12)7-14-11/h6-7H,3-5,12H2,1-2H3,(H,13,14). The van der Waals surface area contributed by atoms with Crippen molar-refractivity contribution in [3.05, 3.63) is 17.8 Å². The van der Waals surface area contributed by atoms with E-state index in [9.17, 15) is 4.79 Å². The quantitative estimate of drug-likeness (QED) is 0.736. The van der Waals surface area contributed by atoms with Gasteiger partial charge in [0.1, 0.15) is 5.82 Å². The van der Waals surface area contributed by atoms with Gasteiger partial charge >= 0.3 is 5.97 Å². The fourth-order valence-electron chi connectivity index (χ4n) is 1.30. The minimum atomic E-state index is -0.205. The van der Waals surface area contributed by atoms with Gasteiger partial charge in [0.15, 0.2) is 0 Å². The van der Waals surface area contributed by atoms with Crippen molar-refractivity contribution < 1.29 is 9.53 Å². The van der Waals surface area contributed by atoms with Crippen molar-refractivity contribution in [3.8, 4) is 0 Å². The molecule has 0 unspecified atom stereocenters. The predicted octanol–water partition coefficient (Wildman–Crippen LogP) is 1.34. The van der Waals surface area contributed by atoms with Crippen molar-refractivity contribution in [1.29, 1.82) is 0 Å². The van der Waals surface area contributed by atoms with E-state index in [1.165, 1.54) is 0 Å². The lowest BCUT2D eigenvalue weighted by Gasteiger charge is -2.08. The van der Waals surface area contributed by atoms with Gasteiger partial charge in [0.05, 0.1) is 24.9 Å². The zero-order valence-corrected chi connectivity index (χ0v) is 9.62. The average molecular weight is 223 g/mol. The highest BCUT2D eigenvalue weighted by Crippen LogP contribution is 2.13. The number of aryl methyl sites for hydroxylation is 1. The summed E-state index contributed by atoms with van der Waals surface area (Å²) in [6, 6.07) is 1.83. The van der Waals surface area contributed by atoms with E-state index in [4.69, 9.17) is 10.5 Å². The second-order valence-electron chi connectivity index (χ2n) is 3.42. The lowest BCUT2D eigenvalue weighted by Crippen LogP contribution is -2.12. The molecule has 0 aliphatic carbocycles. The van der Waals surface area contributed by atoms with Gasteiger partial charge in [0, 0.05) is 6.54 Å². The molecule has 0 amide bonds. The molecule has 0 fully saturated rings. The average Bonchev–Trinajstić information content (AvgIpc) is 2.22. The molecule has 0 aromatic carbocycles. The summed E-state index contributed by atoms with van der Waals surface area (Å²) in [6.45, 7) is 4.63. The molecule has 0 aliphatic rings. The largest absolute Gasteiger partial charge is 0.466 e. The molecule has 0 bridgehead atoms. The van der Waals surface area contributed by atoms with Crippen molar-refractivity contribution in [1.82, 2.24) is 4.98 Å². The summed E-state index contributed by atoms with van der Waals surface area (Å²) in [7, 11) is 0. The first kappa shape index (κ1) is 12.3. The Bertz CT molecular complexity index is 366. The molecule has 3 N–H and O–H groups in total. The Hall–Kier alpha value is -1.78. The van der Waals surface area contributed by atoms with E-state index in [1.54, 1.807) is 13.1 Å². The van der Waals surface area contributed by atoms with Crippen molar-refractivity contribution in [3.63, 3.8) is 0 Å². The van der Waals surface area contributed by atoms with Crippen molar-refractivity contribution in [2.45, 2.75) is 20.3 Å². The SMILES string of the molecule is CCOC(=O)CCNc1ncc(N)cc1C. The molecule has 0 aliphatic heterocycles. The Balaban J connectivity index is 2.40. The number of nitrogens with one attached hydrogen (secondary N) is 1. The Labute approximate surface area is 95.0 Å². The number of pyridine rings is 1. The van der Waals surface area contributed by atoms with Gasteiger partial charge in [-0.3, -0.25) is 4.79 Å². The van der Waals surface area contributed by atoms with Gasteiger partial charge in [0.25, 0.3) is 0 Å². The van der Waals surface area contributed by atoms with Crippen LogP contribution in [0.15, 0.2) is 12.3 Å². The second kappa shape index (κ2) is 5.95. The highest BCUT2D eigenvalue weighted by Gasteiger charge is 2.03. The lowest BCUT2D eigenvalue weighted by molar-refractivity contribution is -0.142. The van der Waals surface area contributed by atoms with Gasteiger partial charge in [-0.15, -0.1) is 0 Å². The summed E-state index contributed by atoms with van der Waals surface area (Å²) in [5.74, 6) is 0.543. The van der Waals surface area contributed by atoms with Crippen LogP contribution in [0.25, 0.3) is 0 Å². The summed E-state index contributed by atoms with van der Waals surface area (Å²) in [5.41, 5.74) is 7.17. The van der Waals surface area contributed by atoms with Gasteiger partial charge in [-0.1, -0.05) is 0 Å². The number of esters is 1. The van der Waals surface area contributed by atoms with Crippen LogP contribution in [0.5, 0.6) is 0 Å². The first-order chi connectivity index (χ1) is 7.63. The molecule has 0 spiro atoms. The van der Waals surface area contributed by atoms with Crippen LogP contribution in [0.1, 0.15) is 18.9 Å². The zero-order valence-electron chi connectivity index (χ0n) is 9.62. The number of carbonyl (C=O) groups is 1. The third-order valence-electron chi connectivity index (χ3n) is 2.03. The molecule has 0 saturated heterocycles. The number of nitrogen functional groups attached to an aromatic ring is 1. The van der Waals surface area contributed by atoms with Gasteiger partial charge in [-0.05, 0) is 25.5 Å². The number of carbonyl (C=O) groups excluding carboxylic acids is 1. The molecule has 16 heavy (non-hydrogen) atoms. The van der Waals surface area contributed by atoms with E-state index in [1.807, 2.05) is 13.0 Å². The molecule has 0 atom stereocenters. The number of nitrogens with zero attached hydrogens (tertiary/aromatic N) is 1. The minimum absolute atomic E-state index is 0.205. The maximum Gasteiger partial charge on any atom is 0.307 e. The molecule has 1 heterocycles. The third-order valence-corrected chi connectivity index (χ3v) is 2.03. The number of hydrogen-bond acceptors (Lipinski definition) is 5. The molecule has 0 saturated carbocycles. The number of rotatable bonds is 5. The second-order valence-corrected chi connectivity index (χ2v) is 3.42. The van der Waals surface area contributed by atoms with Crippen LogP contribution in [0.2, 0.25) is 0 Å². The normalized spacial score (nSPS) is 9.88. The van der Waals surface area contributed by atoms with Crippen LogP contribution in [0.4, 0.5) is 11.5 Å². The van der Waals surface area contributed by atoms with Crippen molar-refractivity contribution >= 4 is 17.5 Å². The lowest BCUT2D eigenvalue weighted by atomic mass is 10.2. The molecule has 88 valence electrons. The maximum atomic E-state index is 11.1. The van der Waals surface area contributed by atoms with Crippen LogP contribution in [-0.2, 0) is 9.53 Å². The number of ether oxygens (including phenoxy) is 1. The molecular weight excluding hydrogens is 206 g/mol. The van der Waals surface area contributed by atoms with E-state index in [0.29, 0.717) is 25.3 Å². The molecule has 5 heteroatoms. The molecule has 1 aromatic heterocycles. The number of hydrogen-bond donors (Lipinski definition) is 2. The Kier molecular flexibility index (Phi) is 4.57. The monoisotopic (exact) mass is 223 g/mol. The van der Waals surface area contributed by atoms with E-state index in [0.717, 1.165) is 11.4 Å². The van der Waals surface area contributed by atoms with Crippen molar-refractivity contribution in [2.24, 2.45) is 0 Å². The van der Waals surface area contributed by atoms with Crippen LogP contribution >= 0.6 is 0 Å². The first-order valence-corrected chi connectivity index (χ1v) is 5.25. The zero-order chi connectivity index (χ0) is 12.0. The minimum Gasteiger partial charge on any atom is -0.466 e. The van der Waals surface area contributed by atoms with Gasteiger partial charge in [-0.25, -0.2) is 4.98 Å². The maximum absolute atomic E-state index is 11.1. The topological polar surface area (TPSA) is 77.2 Å². The molecule has 1 aromatic rings. The van der Waals surface area contributed by atoms with Gasteiger partial charge < -0.3 is 15.8 Å². The highest BCUT2D eigenvalue weighted by atomic mass is 16.5. The fraction of sp³-hybridized carbons (Fsp3) is 0.455. The van der Waals surface area contributed by atoms with Crippen molar-refractivity contribution in [2.75, 3.05) is 24.2 Å². The van der Waals surface area contributed by atoms with E-state index in [2.05, 4.69) is 10.3 Å². The summed E-state index contributed by atoms with van der Waals surface area (Å²) in [5, 5.41) is 3.06. The third kappa shape index (κ3) is 3.76. The Morgan fingerprint density at radius 2 is 2.38 bits per heavy atom. The Morgan fingerprint density at radius 1 is 1.62 bits per heavy atom. The predicted molar refractivity (Wildman–Crippen MR) is 63.1 cm³/mol. The van der Waals surface area contributed by atoms with E-state index < -0.39 is 0 Å². The van der Waals surface area contributed by atoms with Crippen LogP contribution in [-0.4, -0.2) is 24.1 Å². The smallest absolute Gasteiger partial charge is 0.307 e. The van der Waals surface area contributed by atoms with E-state index in [-0.39, 0.29) is 5.97 Å². The Morgan fingerprint density at radius 3 is 3.00 bits per heavy atom. The van der Waals surface area contributed by atoms with E-state index >= 15 is 0 Å². The molecule has 1 rings (SSSR count). The summed E-state index contributed by atoms with van der Waals surface area (Å²) >= 11 is 0. The number of nitrogens with two attached hydrogens (primary N) is 1. The number of anilines is 2. The summed E-state index contributed by atoms with van der Waals surface area (Å²) in [6.07, 6.45) is 1.92.